The van der Waals surface area contributed by atoms with Gasteiger partial charge in [0.15, 0.2) is 0 Å². The molecule has 0 fully saturated rings. The van der Waals surface area contributed by atoms with Crippen LogP contribution in [0.1, 0.15) is 18.0 Å². The standard InChI is InChI=1S/C9H12FNO.ClH/c10-8-3-1-2-7(6-8)9(11)4-5-12;/h1-3,6,9,12H,4-5,11H2;1H/t9-;/m1./s1. The van der Waals surface area contributed by atoms with Crippen molar-refractivity contribution >= 4 is 12.4 Å². The molecule has 0 unspecified atom stereocenters. The van der Waals surface area contributed by atoms with Gasteiger partial charge in [0.2, 0.25) is 0 Å². The van der Waals surface area contributed by atoms with E-state index in [4.69, 9.17) is 10.8 Å². The van der Waals surface area contributed by atoms with Crippen LogP contribution in [0.5, 0.6) is 0 Å². The van der Waals surface area contributed by atoms with Crippen LogP contribution in [-0.4, -0.2) is 11.7 Å². The van der Waals surface area contributed by atoms with Gasteiger partial charge in [0.05, 0.1) is 0 Å². The number of hydrogen-bond donors (Lipinski definition) is 2. The van der Waals surface area contributed by atoms with Crippen molar-refractivity contribution in [2.24, 2.45) is 5.73 Å². The molecule has 0 saturated carbocycles. The van der Waals surface area contributed by atoms with Crippen molar-refractivity contribution in [1.29, 1.82) is 0 Å². The Morgan fingerprint density at radius 2 is 2.15 bits per heavy atom. The van der Waals surface area contributed by atoms with Crippen molar-refractivity contribution in [2.45, 2.75) is 12.5 Å². The normalized spacial score (nSPS) is 11.9. The van der Waals surface area contributed by atoms with Gasteiger partial charge in [-0.25, -0.2) is 4.39 Å². The van der Waals surface area contributed by atoms with Crippen LogP contribution in [0.3, 0.4) is 0 Å². The lowest BCUT2D eigenvalue weighted by Crippen LogP contribution is -2.11. The van der Waals surface area contributed by atoms with Crippen LogP contribution in [0, 0.1) is 5.82 Å². The predicted octanol–water partition coefficient (Wildman–Crippen LogP) is 1.63. The van der Waals surface area contributed by atoms with Gasteiger partial charge >= 0.3 is 0 Å². The number of aliphatic hydroxyl groups excluding tert-OH is 1. The fourth-order valence-electron chi connectivity index (χ4n) is 1.04. The van der Waals surface area contributed by atoms with E-state index < -0.39 is 0 Å². The topological polar surface area (TPSA) is 46.2 Å². The second-order valence-electron chi connectivity index (χ2n) is 2.67. The minimum Gasteiger partial charge on any atom is -0.396 e. The van der Waals surface area contributed by atoms with E-state index in [1.165, 1.54) is 12.1 Å². The molecule has 0 aliphatic rings. The Hall–Kier alpha value is -0.640. The van der Waals surface area contributed by atoms with E-state index in [9.17, 15) is 4.39 Å². The van der Waals surface area contributed by atoms with Crippen molar-refractivity contribution in [2.75, 3.05) is 6.61 Å². The lowest BCUT2D eigenvalue weighted by atomic mass is 10.1. The van der Waals surface area contributed by atoms with Crippen molar-refractivity contribution in [3.63, 3.8) is 0 Å². The molecule has 3 N–H and O–H groups in total. The Morgan fingerprint density at radius 3 is 2.69 bits per heavy atom. The monoisotopic (exact) mass is 205 g/mol. The summed E-state index contributed by atoms with van der Waals surface area (Å²) in [4.78, 5) is 0. The van der Waals surface area contributed by atoms with Crippen molar-refractivity contribution in [3.05, 3.63) is 35.6 Å². The van der Waals surface area contributed by atoms with E-state index in [-0.39, 0.29) is 30.9 Å². The second kappa shape index (κ2) is 5.91. The Bertz CT molecular complexity index is 257. The summed E-state index contributed by atoms with van der Waals surface area (Å²) in [6.07, 6.45) is 0.462. The number of nitrogens with two attached hydrogens (primary N) is 1. The summed E-state index contributed by atoms with van der Waals surface area (Å²) in [6.45, 7) is 0.0255. The van der Waals surface area contributed by atoms with E-state index >= 15 is 0 Å². The molecule has 1 aromatic rings. The average Bonchev–Trinajstić information content (AvgIpc) is 2.05. The third kappa shape index (κ3) is 3.72. The Morgan fingerprint density at radius 1 is 1.46 bits per heavy atom. The van der Waals surface area contributed by atoms with Crippen molar-refractivity contribution in [3.8, 4) is 0 Å². The largest absolute Gasteiger partial charge is 0.396 e. The molecule has 74 valence electrons. The lowest BCUT2D eigenvalue weighted by molar-refractivity contribution is 0.276. The molecule has 1 aromatic carbocycles. The van der Waals surface area contributed by atoms with Crippen molar-refractivity contribution < 1.29 is 9.50 Å². The molecule has 0 heterocycles. The van der Waals surface area contributed by atoms with Gasteiger partial charge in [-0.15, -0.1) is 12.4 Å². The summed E-state index contributed by atoms with van der Waals surface area (Å²) in [5, 5.41) is 8.59. The zero-order valence-electron chi connectivity index (χ0n) is 7.11. The molecule has 0 aromatic heterocycles. The first-order valence-corrected chi connectivity index (χ1v) is 3.86. The first kappa shape index (κ1) is 12.4. The zero-order chi connectivity index (χ0) is 8.97. The molecule has 4 heteroatoms. The third-order valence-electron chi connectivity index (χ3n) is 1.72. The lowest BCUT2D eigenvalue weighted by Gasteiger charge is -2.09. The predicted molar refractivity (Wildman–Crippen MR) is 52.3 cm³/mol. The van der Waals surface area contributed by atoms with Crippen LogP contribution in [0.2, 0.25) is 0 Å². The van der Waals surface area contributed by atoms with Gasteiger partial charge in [-0.05, 0) is 24.1 Å². The SMILES string of the molecule is Cl.N[C@H](CCO)c1cccc(F)c1. The van der Waals surface area contributed by atoms with E-state index in [0.29, 0.717) is 6.42 Å². The van der Waals surface area contributed by atoms with Gasteiger partial charge in [0, 0.05) is 12.6 Å². The second-order valence-corrected chi connectivity index (χ2v) is 2.67. The minimum atomic E-state index is -0.291. The summed E-state index contributed by atoms with van der Waals surface area (Å²) >= 11 is 0. The molecular weight excluding hydrogens is 193 g/mol. The highest BCUT2D eigenvalue weighted by atomic mass is 35.5. The highest BCUT2D eigenvalue weighted by Crippen LogP contribution is 2.13. The van der Waals surface area contributed by atoms with Crippen LogP contribution in [0.15, 0.2) is 24.3 Å². The maximum atomic E-state index is 12.6. The number of aliphatic hydroxyl groups is 1. The van der Waals surface area contributed by atoms with E-state index in [1.54, 1.807) is 12.1 Å². The zero-order valence-corrected chi connectivity index (χ0v) is 7.93. The van der Waals surface area contributed by atoms with Gasteiger partial charge < -0.3 is 10.8 Å². The molecule has 1 atom stereocenters. The smallest absolute Gasteiger partial charge is 0.123 e. The van der Waals surface area contributed by atoms with Gasteiger partial charge in [0.25, 0.3) is 0 Å². The minimum absolute atomic E-state index is 0. The van der Waals surface area contributed by atoms with E-state index in [0.717, 1.165) is 5.56 Å². The molecule has 2 nitrogen and oxygen atoms in total. The van der Waals surface area contributed by atoms with Crippen molar-refractivity contribution in [1.82, 2.24) is 0 Å². The Balaban J connectivity index is 0.00000144. The number of hydrogen-bond acceptors (Lipinski definition) is 2. The Kier molecular flexibility index (Phi) is 5.62. The van der Waals surface area contributed by atoms with Crippen LogP contribution in [-0.2, 0) is 0 Å². The maximum absolute atomic E-state index is 12.6. The number of benzene rings is 1. The van der Waals surface area contributed by atoms with Crippen LogP contribution in [0.25, 0.3) is 0 Å². The molecule has 0 aliphatic heterocycles. The summed E-state index contributed by atoms with van der Waals surface area (Å²) in [5.74, 6) is -0.291. The van der Waals surface area contributed by atoms with Gasteiger partial charge in [-0.2, -0.15) is 0 Å². The molecular formula is C9H13ClFNO. The molecule has 1 rings (SSSR count). The first-order valence-electron chi connectivity index (χ1n) is 3.86. The average molecular weight is 206 g/mol. The van der Waals surface area contributed by atoms with Crippen LogP contribution in [0.4, 0.5) is 4.39 Å². The molecule has 0 aliphatic carbocycles. The first-order chi connectivity index (χ1) is 5.74. The summed E-state index contributed by atoms with van der Waals surface area (Å²) < 4.78 is 12.6. The van der Waals surface area contributed by atoms with Gasteiger partial charge in [0.1, 0.15) is 5.82 Å². The Labute approximate surface area is 83.0 Å². The maximum Gasteiger partial charge on any atom is 0.123 e. The highest BCUT2D eigenvalue weighted by molar-refractivity contribution is 5.85. The van der Waals surface area contributed by atoms with Crippen LogP contribution < -0.4 is 5.73 Å². The fraction of sp³-hybridized carbons (Fsp3) is 0.333. The highest BCUT2D eigenvalue weighted by Gasteiger charge is 2.04. The number of halogens is 2. The van der Waals surface area contributed by atoms with Gasteiger partial charge in [-0.1, -0.05) is 12.1 Å². The fourth-order valence-corrected chi connectivity index (χ4v) is 1.04. The molecule has 0 amide bonds. The summed E-state index contributed by atoms with van der Waals surface area (Å²) in [7, 11) is 0. The molecule has 0 radical (unpaired) electrons. The van der Waals surface area contributed by atoms with Gasteiger partial charge in [-0.3, -0.25) is 0 Å². The molecule has 0 bridgehead atoms. The molecule has 13 heavy (non-hydrogen) atoms. The summed E-state index contributed by atoms with van der Waals surface area (Å²) in [6, 6.07) is 5.85. The molecule has 0 saturated heterocycles. The third-order valence-corrected chi connectivity index (χ3v) is 1.72. The molecule has 0 spiro atoms. The van der Waals surface area contributed by atoms with Crippen LogP contribution >= 0.6 is 12.4 Å². The quantitative estimate of drug-likeness (QED) is 0.788. The van der Waals surface area contributed by atoms with E-state index in [1.807, 2.05) is 0 Å². The number of rotatable bonds is 3. The van der Waals surface area contributed by atoms with E-state index in [2.05, 4.69) is 0 Å². The summed E-state index contributed by atoms with van der Waals surface area (Å²) in [5.41, 5.74) is 6.37.